The minimum absolute atomic E-state index is 0.346. The molecule has 0 heterocycles. The summed E-state index contributed by atoms with van der Waals surface area (Å²) in [4.78, 5) is 0. The molecule has 0 aliphatic carbocycles. The van der Waals surface area contributed by atoms with Crippen LogP contribution >= 0.6 is 19.4 Å². The standard InChI is InChI=1S/2CO.2ClH.Ru/c2*1-2;;;/h;;2*1H;/q;;;;+2/p-2. The van der Waals surface area contributed by atoms with Gasteiger partial charge in [-0.2, -0.15) is 0 Å². The van der Waals surface area contributed by atoms with E-state index in [0.717, 1.165) is 0 Å². The maximum absolute atomic E-state index is 7.50. The van der Waals surface area contributed by atoms with Crippen LogP contribution in [0.4, 0.5) is 0 Å². The Bertz CT molecular complexity index is 37.4. The van der Waals surface area contributed by atoms with Gasteiger partial charge in [-0.1, -0.05) is 0 Å². The Morgan fingerprint density at radius 3 is 1.00 bits per heavy atom. The maximum atomic E-state index is 7.50. The van der Waals surface area contributed by atoms with Crippen molar-refractivity contribution in [2.24, 2.45) is 0 Å². The Morgan fingerprint density at radius 2 is 1.00 bits per heavy atom. The van der Waals surface area contributed by atoms with Gasteiger partial charge in [0.2, 0.25) is 0 Å². The first-order chi connectivity index (χ1) is 3.41. The first kappa shape index (κ1) is 15.6. The van der Waals surface area contributed by atoms with Gasteiger partial charge in [0.1, 0.15) is 0 Å². The fourth-order valence-corrected chi connectivity index (χ4v) is 0. The molecule has 0 aromatic carbocycles. The molecule has 0 saturated heterocycles. The summed E-state index contributed by atoms with van der Waals surface area (Å²) >= 11 is -0.346. The van der Waals surface area contributed by atoms with Gasteiger partial charge in [-0.25, -0.2) is 0 Å². The molecule has 0 atom stereocenters. The van der Waals surface area contributed by atoms with Crippen LogP contribution in [0.15, 0.2) is 0 Å². The molecule has 0 N–H and O–H groups in total. The average Bonchev–Trinajstić information content (AvgIpc) is 1.78. The Labute approximate surface area is 57.3 Å². The summed E-state index contributed by atoms with van der Waals surface area (Å²) in [5.74, 6) is 0. The van der Waals surface area contributed by atoms with E-state index >= 15 is 0 Å². The van der Waals surface area contributed by atoms with Crippen LogP contribution in [0.1, 0.15) is 0 Å². The predicted octanol–water partition coefficient (Wildman–Crippen LogP) is 1.30. The Hall–Kier alpha value is 0.683. The minimum atomic E-state index is -0.346. The number of halogens is 2. The molecule has 0 rings (SSSR count). The van der Waals surface area contributed by atoms with Crippen LogP contribution in [0.25, 0.3) is 0 Å². The van der Waals surface area contributed by atoms with Crippen molar-refractivity contribution in [2.75, 3.05) is 0 Å². The van der Waals surface area contributed by atoms with Crippen molar-refractivity contribution in [1.82, 2.24) is 0 Å². The van der Waals surface area contributed by atoms with Gasteiger partial charge >= 0.3 is 57.1 Å². The SMILES string of the molecule is [C-]#[O+].[C-]#[O+].[Cl][Ru][Cl]. The summed E-state index contributed by atoms with van der Waals surface area (Å²) in [6.07, 6.45) is 0. The second-order valence-corrected chi connectivity index (χ2v) is 2.69. The molecule has 0 spiro atoms. The summed E-state index contributed by atoms with van der Waals surface area (Å²) < 4.78 is 15.0. The van der Waals surface area contributed by atoms with Crippen molar-refractivity contribution < 1.29 is 24.4 Å². The van der Waals surface area contributed by atoms with E-state index in [4.69, 9.17) is 28.7 Å². The first-order valence-electron chi connectivity index (χ1n) is 0.676. The van der Waals surface area contributed by atoms with E-state index in [1.165, 1.54) is 0 Å². The molecule has 0 bridgehead atoms. The van der Waals surface area contributed by atoms with Gasteiger partial charge in [0.05, 0.1) is 0 Å². The van der Waals surface area contributed by atoms with Crippen LogP contribution in [0, 0.1) is 13.3 Å². The molecule has 2 nitrogen and oxygen atoms in total. The normalized spacial score (nSPS) is 3.71. The summed E-state index contributed by atoms with van der Waals surface area (Å²) in [6.45, 7) is 9.00. The van der Waals surface area contributed by atoms with Gasteiger partial charge in [0.25, 0.3) is 0 Å². The van der Waals surface area contributed by atoms with E-state index in [1.807, 2.05) is 0 Å². The van der Waals surface area contributed by atoms with Crippen LogP contribution in [0.3, 0.4) is 0 Å². The Morgan fingerprint density at radius 1 is 1.00 bits per heavy atom. The van der Waals surface area contributed by atoms with Crippen LogP contribution in [-0.2, 0) is 24.4 Å². The van der Waals surface area contributed by atoms with Crippen molar-refractivity contribution in [1.29, 1.82) is 0 Å². The molecule has 0 unspecified atom stereocenters. The molecule has 0 amide bonds. The van der Waals surface area contributed by atoms with Gasteiger partial charge in [-0.3, -0.25) is 0 Å². The van der Waals surface area contributed by atoms with Gasteiger partial charge in [-0.15, -0.1) is 0 Å². The van der Waals surface area contributed by atoms with E-state index in [1.54, 1.807) is 0 Å². The summed E-state index contributed by atoms with van der Waals surface area (Å²) in [6, 6.07) is 0. The molecule has 0 aromatic rings. The fraction of sp³-hybridized carbons (Fsp3) is 0. The summed E-state index contributed by atoms with van der Waals surface area (Å²) in [7, 11) is 9.71. The van der Waals surface area contributed by atoms with Gasteiger partial charge in [0, 0.05) is 0 Å². The van der Waals surface area contributed by atoms with Crippen LogP contribution in [0.2, 0.25) is 0 Å². The second-order valence-electron chi connectivity index (χ2n) is 0.0505. The Kier molecular flexibility index (Phi) is 170. The zero-order valence-electron chi connectivity index (χ0n) is 2.93. The topological polar surface area (TPSA) is 39.8 Å². The van der Waals surface area contributed by atoms with Crippen molar-refractivity contribution >= 4 is 19.4 Å². The monoisotopic (exact) mass is 228 g/mol. The number of hydrogen-bond acceptors (Lipinski definition) is 0. The van der Waals surface area contributed by atoms with Crippen molar-refractivity contribution in [3.8, 4) is 0 Å². The quantitative estimate of drug-likeness (QED) is 0.340. The van der Waals surface area contributed by atoms with Crippen LogP contribution in [-0.4, -0.2) is 0 Å². The Balaban J connectivity index is -0.0000000360. The van der Waals surface area contributed by atoms with Crippen molar-refractivity contribution in [3.05, 3.63) is 13.3 Å². The molecule has 42 valence electrons. The van der Waals surface area contributed by atoms with Gasteiger partial charge in [0.15, 0.2) is 0 Å². The molecular weight excluding hydrogens is 228 g/mol. The third-order valence-corrected chi connectivity index (χ3v) is 0. The summed E-state index contributed by atoms with van der Waals surface area (Å²) in [5, 5.41) is 0. The van der Waals surface area contributed by atoms with Gasteiger partial charge < -0.3 is 0 Å². The third kappa shape index (κ3) is 314. The van der Waals surface area contributed by atoms with E-state index in [2.05, 4.69) is 13.3 Å². The van der Waals surface area contributed by atoms with E-state index in [-0.39, 0.29) is 15.1 Å². The average molecular weight is 228 g/mol. The van der Waals surface area contributed by atoms with Crippen LogP contribution in [0.5, 0.6) is 0 Å². The molecular formula is C2Cl2O2Ru. The second kappa shape index (κ2) is 76.2. The fourth-order valence-electron chi connectivity index (χ4n) is 0. The number of rotatable bonds is 0. The van der Waals surface area contributed by atoms with E-state index in [0.29, 0.717) is 0 Å². The van der Waals surface area contributed by atoms with E-state index < -0.39 is 0 Å². The molecule has 0 saturated carbocycles. The zero-order valence-corrected chi connectivity index (χ0v) is 6.18. The molecule has 7 heavy (non-hydrogen) atoms. The molecule has 0 aliphatic rings. The van der Waals surface area contributed by atoms with Crippen molar-refractivity contribution in [3.63, 3.8) is 0 Å². The molecule has 0 radical (unpaired) electrons. The van der Waals surface area contributed by atoms with Crippen molar-refractivity contribution in [2.45, 2.75) is 0 Å². The summed E-state index contributed by atoms with van der Waals surface area (Å²) in [5.41, 5.74) is 0. The van der Waals surface area contributed by atoms with Crippen LogP contribution < -0.4 is 0 Å². The predicted molar refractivity (Wildman–Crippen MR) is 19.6 cm³/mol. The van der Waals surface area contributed by atoms with Gasteiger partial charge in [-0.05, 0) is 0 Å². The van der Waals surface area contributed by atoms with E-state index in [9.17, 15) is 0 Å². The number of hydrogen-bond donors (Lipinski definition) is 0. The molecule has 0 aliphatic heterocycles. The molecule has 5 heteroatoms. The molecule has 0 aromatic heterocycles. The third-order valence-electron chi connectivity index (χ3n) is 0. The first-order valence-corrected chi connectivity index (χ1v) is 5.15. The molecule has 0 fully saturated rings. The zero-order chi connectivity index (χ0) is 6.71.